The molecule has 1 amide bonds. The molecule has 3 heterocycles. The largest absolute Gasteiger partial charge is 0.383 e. The molecule has 2 aliphatic rings. The fourth-order valence-corrected chi connectivity index (χ4v) is 3.41. The molecule has 2 bridgehead atoms. The van der Waals surface area contributed by atoms with Crippen LogP contribution >= 0.6 is 0 Å². The Labute approximate surface area is 124 Å². The Morgan fingerprint density at radius 3 is 2.67 bits per heavy atom. The smallest absolute Gasteiger partial charge is 0.236 e. The van der Waals surface area contributed by atoms with Crippen molar-refractivity contribution in [2.24, 2.45) is 0 Å². The molecule has 7 nitrogen and oxygen atoms in total. The Balaban J connectivity index is 1.58. The fraction of sp³-hybridized carbons (Fsp3) is 0.786. The SMILES string of the molecule is COCCN1[C@H]2CC[C@H]1CN(C(=O)Cc1nc(C)no1)C2. The third-order valence-electron chi connectivity index (χ3n) is 4.41. The van der Waals surface area contributed by atoms with E-state index in [9.17, 15) is 4.79 Å². The highest BCUT2D eigenvalue weighted by Gasteiger charge is 2.40. The molecule has 2 saturated heterocycles. The van der Waals surface area contributed by atoms with Crippen molar-refractivity contribution < 1.29 is 14.1 Å². The minimum absolute atomic E-state index is 0.0851. The number of ether oxygens (including phenoxy) is 1. The number of hydrogen-bond acceptors (Lipinski definition) is 6. The average Bonchev–Trinajstić information content (AvgIpc) is 2.96. The van der Waals surface area contributed by atoms with E-state index in [1.54, 1.807) is 14.0 Å². The lowest BCUT2D eigenvalue weighted by atomic mass is 10.1. The van der Waals surface area contributed by atoms with Crippen LogP contribution in [0.1, 0.15) is 24.6 Å². The van der Waals surface area contributed by atoms with Crippen LogP contribution in [0.2, 0.25) is 0 Å². The number of nitrogens with zero attached hydrogens (tertiary/aromatic N) is 4. The lowest BCUT2D eigenvalue weighted by molar-refractivity contribution is -0.134. The summed E-state index contributed by atoms with van der Waals surface area (Å²) in [5, 5.41) is 3.72. The minimum Gasteiger partial charge on any atom is -0.383 e. The number of methoxy groups -OCH3 is 1. The minimum atomic E-state index is 0.0851. The number of amides is 1. The zero-order valence-electron chi connectivity index (χ0n) is 12.6. The highest BCUT2D eigenvalue weighted by atomic mass is 16.5. The molecule has 2 fully saturated rings. The molecule has 0 spiro atoms. The van der Waals surface area contributed by atoms with Gasteiger partial charge in [-0.25, -0.2) is 0 Å². The maximum Gasteiger partial charge on any atom is 0.236 e. The van der Waals surface area contributed by atoms with Gasteiger partial charge < -0.3 is 14.2 Å². The van der Waals surface area contributed by atoms with Gasteiger partial charge in [-0.05, 0) is 19.8 Å². The Morgan fingerprint density at radius 1 is 1.38 bits per heavy atom. The zero-order valence-corrected chi connectivity index (χ0v) is 12.6. The van der Waals surface area contributed by atoms with Gasteiger partial charge in [0.2, 0.25) is 11.8 Å². The first kappa shape index (κ1) is 14.5. The Bertz CT molecular complexity index is 490. The first-order chi connectivity index (χ1) is 10.2. The third kappa shape index (κ3) is 3.08. The Morgan fingerprint density at radius 2 is 2.10 bits per heavy atom. The summed E-state index contributed by atoms with van der Waals surface area (Å²) in [7, 11) is 1.73. The van der Waals surface area contributed by atoms with E-state index in [1.807, 2.05) is 4.90 Å². The maximum atomic E-state index is 12.4. The van der Waals surface area contributed by atoms with Crippen LogP contribution in [-0.2, 0) is 16.0 Å². The summed E-state index contributed by atoms with van der Waals surface area (Å²) in [5.74, 6) is 1.07. The summed E-state index contributed by atoms with van der Waals surface area (Å²) in [5.41, 5.74) is 0. The molecule has 0 radical (unpaired) electrons. The molecule has 0 aromatic carbocycles. The van der Waals surface area contributed by atoms with E-state index in [2.05, 4.69) is 15.0 Å². The van der Waals surface area contributed by atoms with Gasteiger partial charge in [-0.2, -0.15) is 4.98 Å². The maximum absolute atomic E-state index is 12.4. The summed E-state index contributed by atoms with van der Waals surface area (Å²) in [6, 6.07) is 0.930. The summed E-state index contributed by atoms with van der Waals surface area (Å²) in [6.45, 7) is 5.06. The second kappa shape index (κ2) is 6.11. The molecule has 0 N–H and O–H groups in total. The van der Waals surface area contributed by atoms with Crippen LogP contribution in [-0.4, -0.2) is 71.3 Å². The molecule has 0 aliphatic carbocycles. The van der Waals surface area contributed by atoms with Crippen LogP contribution in [0.4, 0.5) is 0 Å². The summed E-state index contributed by atoms with van der Waals surface area (Å²) < 4.78 is 10.2. The van der Waals surface area contributed by atoms with Crippen molar-refractivity contribution >= 4 is 5.91 Å². The number of rotatable bonds is 5. The number of piperazine rings is 1. The lowest BCUT2D eigenvalue weighted by Crippen LogP contribution is -2.56. The second-order valence-corrected chi connectivity index (χ2v) is 5.83. The highest BCUT2D eigenvalue weighted by Crippen LogP contribution is 2.30. The lowest BCUT2D eigenvalue weighted by Gasteiger charge is -2.40. The molecule has 0 unspecified atom stereocenters. The average molecular weight is 294 g/mol. The molecule has 2 atom stereocenters. The molecule has 1 aromatic rings. The Hall–Kier alpha value is -1.47. The molecule has 2 aliphatic heterocycles. The number of fused-ring (bicyclic) bond motifs is 2. The number of aryl methyl sites for hydroxylation is 1. The molecule has 0 saturated carbocycles. The molecular formula is C14H22N4O3. The summed E-state index contributed by atoms with van der Waals surface area (Å²) in [4.78, 5) is 20.9. The molecule has 7 heteroatoms. The first-order valence-electron chi connectivity index (χ1n) is 7.49. The highest BCUT2D eigenvalue weighted by molar-refractivity contribution is 5.78. The molecular weight excluding hydrogens is 272 g/mol. The normalized spacial score (nSPS) is 25.5. The quantitative estimate of drug-likeness (QED) is 0.775. The third-order valence-corrected chi connectivity index (χ3v) is 4.41. The van der Waals surface area contributed by atoms with Crippen molar-refractivity contribution in [2.45, 2.75) is 38.3 Å². The zero-order chi connectivity index (χ0) is 14.8. The van der Waals surface area contributed by atoms with Crippen molar-refractivity contribution in [3.63, 3.8) is 0 Å². The topological polar surface area (TPSA) is 71.7 Å². The van der Waals surface area contributed by atoms with Crippen LogP contribution < -0.4 is 0 Å². The van der Waals surface area contributed by atoms with Crippen LogP contribution in [0.3, 0.4) is 0 Å². The molecule has 1 aromatic heterocycles. The predicted molar refractivity (Wildman–Crippen MR) is 74.7 cm³/mol. The monoisotopic (exact) mass is 294 g/mol. The number of carbonyl (C=O) groups is 1. The van der Waals surface area contributed by atoms with Crippen molar-refractivity contribution in [3.8, 4) is 0 Å². The molecule has 116 valence electrons. The van der Waals surface area contributed by atoms with Crippen molar-refractivity contribution in [1.82, 2.24) is 19.9 Å². The Kier molecular flexibility index (Phi) is 4.21. The second-order valence-electron chi connectivity index (χ2n) is 5.83. The van der Waals surface area contributed by atoms with E-state index < -0.39 is 0 Å². The van der Waals surface area contributed by atoms with Crippen LogP contribution in [0.5, 0.6) is 0 Å². The van der Waals surface area contributed by atoms with Crippen LogP contribution in [0.15, 0.2) is 4.52 Å². The number of likely N-dealkylation sites (tertiary alicyclic amines) is 1. The van der Waals surface area contributed by atoms with E-state index in [-0.39, 0.29) is 12.3 Å². The van der Waals surface area contributed by atoms with E-state index >= 15 is 0 Å². The van der Waals surface area contributed by atoms with Gasteiger partial charge in [-0.1, -0.05) is 5.16 Å². The van der Waals surface area contributed by atoms with E-state index in [0.29, 0.717) is 23.8 Å². The van der Waals surface area contributed by atoms with Gasteiger partial charge in [0, 0.05) is 38.8 Å². The number of hydrogen-bond donors (Lipinski definition) is 0. The van der Waals surface area contributed by atoms with Crippen molar-refractivity contribution in [2.75, 3.05) is 33.4 Å². The van der Waals surface area contributed by atoms with E-state index in [1.165, 1.54) is 0 Å². The van der Waals surface area contributed by atoms with Gasteiger partial charge in [0.05, 0.1) is 6.61 Å². The van der Waals surface area contributed by atoms with Crippen molar-refractivity contribution in [1.29, 1.82) is 0 Å². The summed E-state index contributed by atoms with van der Waals surface area (Å²) in [6.07, 6.45) is 2.54. The van der Waals surface area contributed by atoms with Crippen LogP contribution in [0.25, 0.3) is 0 Å². The summed E-state index contributed by atoms with van der Waals surface area (Å²) >= 11 is 0. The molecule has 3 rings (SSSR count). The van der Waals surface area contributed by atoms with E-state index in [0.717, 1.165) is 39.1 Å². The van der Waals surface area contributed by atoms with Crippen LogP contribution in [0, 0.1) is 6.92 Å². The van der Waals surface area contributed by atoms with Gasteiger partial charge >= 0.3 is 0 Å². The molecule has 21 heavy (non-hydrogen) atoms. The van der Waals surface area contributed by atoms with Gasteiger partial charge in [0.25, 0.3) is 0 Å². The standard InChI is InChI=1S/C14H22N4O3/c1-10-15-13(21-16-10)7-14(19)17-8-11-3-4-12(9-17)18(11)5-6-20-2/h11-12H,3-9H2,1-2H3/t11-,12-/m0/s1. The van der Waals surface area contributed by atoms with Gasteiger partial charge in [-0.3, -0.25) is 9.69 Å². The fourth-order valence-electron chi connectivity index (χ4n) is 3.41. The predicted octanol–water partition coefficient (Wildman–Crippen LogP) is 0.242. The van der Waals surface area contributed by atoms with E-state index in [4.69, 9.17) is 9.26 Å². The number of carbonyl (C=O) groups excluding carboxylic acids is 1. The first-order valence-corrected chi connectivity index (χ1v) is 7.49. The van der Waals surface area contributed by atoms with Crippen molar-refractivity contribution in [3.05, 3.63) is 11.7 Å². The van der Waals surface area contributed by atoms with Gasteiger partial charge in [0.15, 0.2) is 5.82 Å². The number of aromatic nitrogens is 2. The van der Waals surface area contributed by atoms with Gasteiger partial charge in [-0.15, -0.1) is 0 Å². The van der Waals surface area contributed by atoms with Gasteiger partial charge in [0.1, 0.15) is 6.42 Å².